The van der Waals surface area contributed by atoms with Crippen molar-refractivity contribution in [2.75, 3.05) is 5.32 Å². The molecule has 1 aromatic carbocycles. The molecule has 2 aromatic rings. The summed E-state index contributed by atoms with van der Waals surface area (Å²) in [6.07, 6.45) is 1.69. The maximum Gasteiger partial charge on any atom is 0.339 e. The number of hydrogen-bond donors (Lipinski definition) is 3. The maximum atomic E-state index is 11.8. The van der Waals surface area contributed by atoms with Crippen LogP contribution in [0.2, 0.25) is 0 Å². The van der Waals surface area contributed by atoms with Gasteiger partial charge in [-0.3, -0.25) is 9.78 Å². The lowest BCUT2D eigenvalue weighted by atomic mass is 10.1. The molecule has 20 heavy (non-hydrogen) atoms. The average Bonchev–Trinajstić information content (AvgIpc) is 2.39. The van der Waals surface area contributed by atoms with Crippen LogP contribution in [-0.2, 0) is 11.2 Å². The van der Waals surface area contributed by atoms with Gasteiger partial charge in [-0.25, -0.2) is 4.79 Å². The number of rotatable bonds is 4. The molecule has 0 saturated heterocycles. The molecule has 3 N–H and O–H groups in total. The van der Waals surface area contributed by atoms with Crippen LogP contribution in [0.5, 0.6) is 5.75 Å². The number of anilines is 1. The molecule has 0 atom stereocenters. The van der Waals surface area contributed by atoms with Crippen LogP contribution < -0.4 is 5.32 Å². The smallest absolute Gasteiger partial charge is 0.339 e. The van der Waals surface area contributed by atoms with Crippen LogP contribution in [0, 0.1) is 0 Å². The second-order valence-corrected chi connectivity index (χ2v) is 4.08. The summed E-state index contributed by atoms with van der Waals surface area (Å²) in [4.78, 5) is 26.5. The summed E-state index contributed by atoms with van der Waals surface area (Å²) in [5.41, 5.74) is 0.734. The van der Waals surface area contributed by atoms with Crippen molar-refractivity contribution in [3.63, 3.8) is 0 Å². The third kappa shape index (κ3) is 3.32. The Morgan fingerprint density at radius 1 is 1.20 bits per heavy atom. The Bertz CT molecular complexity index is 641. The molecular weight excluding hydrogens is 260 g/mol. The first-order valence-corrected chi connectivity index (χ1v) is 5.82. The lowest BCUT2D eigenvalue weighted by Gasteiger charge is -2.06. The summed E-state index contributed by atoms with van der Waals surface area (Å²) in [6.45, 7) is 0. The van der Waals surface area contributed by atoms with E-state index in [1.165, 1.54) is 18.2 Å². The van der Waals surface area contributed by atoms with Crippen LogP contribution >= 0.6 is 0 Å². The number of aromatic carboxylic acids is 1. The zero-order chi connectivity index (χ0) is 14.5. The van der Waals surface area contributed by atoms with E-state index in [2.05, 4.69) is 10.3 Å². The minimum absolute atomic E-state index is 0.0995. The molecule has 6 heteroatoms. The van der Waals surface area contributed by atoms with E-state index in [1.54, 1.807) is 24.4 Å². The lowest BCUT2D eigenvalue weighted by molar-refractivity contribution is -0.115. The normalized spacial score (nSPS) is 10.0. The van der Waals surface area contributed by atoms with Crippen molar-refractivity contribution in [3.8, 4) is 5.75 Å². The number of aromatic hydroxyl groups is 1. The fourth-order valence-corrected chi connectivity index (χ4v) is 1.66. The molecule has 0 bridgehead atoms. The molecule has 0 unspecified atom stereocenters. The van der Waals surface area contributed by atoms with Crippen molar-refractivity contribution in [3.05, 3.63) is 53.9 Å². The van der Waals surface area contributed by atoms with Crippen molar-refractivity contribution in [2.24, 2.45) is 0 Å². The van der Waals surface area contributed by atoms with Crippen molar-refractivity contribution in [1.29, 1.82) is 0 Å². The van der Waals surface area contributed by atoms with E-state index in [1.807, 2.05) is 0 Å². The van der Waals surface area contributed by atoms with E-state index < -0.39 is 11.7 Å². The lowest BCUT2D eigenvalue weighted by Crippen LogP contribution is -2.15. The number of hydrogen-bond acceptors (Lipinski definition) is 4. The zero-order valence-electron chi connectivity index (χ0n) is 10.4. The summed E-state index contributed by atoms with van der Waals surface area (Å²) >= 11 is 0. The van der Waals surface area contributed by atoms with Crippen LogP contribution in [0.25, 0.3) is 0 Å². The Hall–Kier alpha value is -2.89. The van der Waals surface area contributed by atoms with Gasteiger partial charge < -0.3 is 15.5 Å². The van der Waals surface area contributed by atoms with Gasteiger partial charge in [-0.05, 0) is 24.3 Å². The number of carbonyl (C=O) groups is 2. The van der Waals surface area contributed by atoms with Crippen molar-refractivity contribution < 1.29 is 19.8 Å². The maximum absolute atomic E-state index is 11.8. The Morgan fingerprint density at radius 2 is 2.00 bits per heavy atom. The molecule has 0 fully saturated rings. The largest absolute Gasteiger partial charge is 0.507 e. The minimum Gasteiger partial charge on any atom is -0.507 e. The first-order valence-electron chi connectivity index (χ1n) is 5.82. The van der Waals surface area contributed by atoms with Crippen molar-refractivity contribution in [1.82, 2.24) is 4.98 Å². The Balaban J connectivity index is 2.05. The van der Waals surface area contributed by atoms with E-state index in [9.17, 15) is 14.7 Å². The summed E-state index contributed by atoms with van der Waals surface area (Å²) < 4.78 is 0. The highest BCUT2D eigenvalue weighted by molar-refractivity contribution is 5.95. The fourth-order valence-electron chi connectivity index (χ4n) is 1.66. The predicted molar refractivity (Wildman–Crippen MR) is 71.6 cm³/mol. The number of nitrogens with zero attached hydrogens (tertiary/aromatic N) is 1. The van der Waals surface area contributed by atoms with Gasteiger partial charge in [-0.2, -0.15) is 0 Å². The van der Waals surface area contributed by atoms with E-state index in [0.29, 0.717) is 11.4 Å². The Labute approximate surface area is 114 Å². The molecule has 1 aromatic heterocycles. The van der Waals surface area contributed by atoms with Crippen LogP contribution in [0.1, 0.15) is 16.1 Å². The van der Waals surface area contributed by atoms with E-state index in [-0.39, 0.29) is 17.9 Å². The van der Waals surface area contributed by atoms with Gasteiger partial charge in [0.1, 0.15) is 11.3 Å². The third-order valence-electron chi connectivity index (χ3n) is 2.58. The fraction of sp³-hybridized carbons (Fsp3) is 0.0714. The quantitative estimate of drug-likeness (QED) is 0.786. The first kappa shape index (κ1) is 13.5. The van der Waals surface area contributed by atoms with Gasteiger partial charge in [0.15, 0.2) is 0 Å². The molecule has 1 heterocycles. The van der Waals surface area contributed by atoms with Crippen LogP contribution in [-0.4, -0.2) is 27.1 Å². The van der Waals surface area contributed by atoms with Gasteiger partial charge >= 0.3 is 5.97 Å². The van der Waals surface area contributed by atoms with E-state index in [4.69, 9.17) is 5.11 Å². The first-order chi connectivity index (χ1) is 9.56. The average molecular weight is 272 g/mol. The van der Waals surface area contributed by atoms with Crippen LogP contribution in [0.4, 0.5) is 5.69 Å². The molecule has 0 aliphatic carbocycles. The second kappa shape index (κ2) is 5.83. The molecule has 0 aliphatic heterocycles. The standard InChI is InChI=1S/C14H12N2O4/c17-12-7-10(4-5-11(12)14(19)20)16-13(18)8-9-3-1-2-6-15-9/h1-7,17H,8H2,(H,16,18)(H,19,20). The number of nitrogens with one attached hydrogen (secondary N) is 1. The molecule has 102 valence electrons. The molecule has 6 nitrogen and oxygen atoms in total. The summed E-state index contributed by atoms with van der Waals surface area (Å²) in [6, 6.07) is 9.10. The molecule has 2 rings (SSSR count). The summed E-state index contributed by atoms with van der Waals surface area (Å²) in [5, 5.41) is 20.9. The highest BCUT2D eigenvalue weighted by Gasteiger charge is 2.11. The highest BCUT2D eigenvalue weighted by Crippen LogP contribution is 2.22. The number of amides is 1. The van der Waals surface area contributed by atoms with Gasteiger partial charge in [0.05, 0.1) is 6.42 Å². The number of carboxylic acids is 1. The molecule has 0 spiro atoms. The Kier molecular flexibility index (Phi) is 3.95. The SMILES string of the molecule is O=C(Cc1ccccn1)Nc1ccc(C(=O)O)c(O)c1. The molecular formula is C14H12N2O4. The predicted octanol–water partition coefficient (Wildman–Crippen LogP) is 1.67. The van der Waals surface area contributed by atoms with Gasteiger partial charge in [0.25, 0.3) is 0 Å². The number of carboxylic acid groups (broad SMARTS) is 1. The number of carbonyl (C=O) groups excluding carboxylic acids is 1. The van der Waals surface area contributed by atoms with Gasteiger partial charge in [0.2, 0.25) is 5.91 Å². The summed E-state index contributed by atoms with van der Waals surface area (Å²) in [7, 11) is 0. The van der Waals surface area contributed by atoms with Crippen LogP contribution in [0.15, 0.2) is 42.6 Å². The molecule has 1 amide bonds. The number of benzene rings is 1. The minimum atomic E-state index is -1.23. The van der Waals surface area contributed by atoms with E-state index >= 15 is 0 Å². The Morgan fingerprint density at radius 3 is 2.60 bits per heavy atom. The third-order valence-corrected chi connectivity index (χ3v) is 2.58. The van der Waals surface area contributed by atoms with Gasteiger partial charge in [0, 0.05) is 23.6 Å². The molecule has 0 saturated carbocycles. The van der Waals surface area contributed by atoms with Gasteiger partial charge in [-0.15, -0.1) is 0 Å². The number of phenols is 1. The van der Waals surface area contributed by atoms with Crippen molar-refractivity contribution >= 4 is 17.6 Å². The second-order valence-electron chi connectivity index (χ2n) is 4.08. The number of pyridine rings is 1. The van der Waals surface area contributed by atoms with Crippen molar-refractivity contribution in [2.45, 2.75) is 6.42 Å². The summed E-state index contributed by atoms with van der Waals surface area (Å²) in [5.74, 6) is -1.92. The van der Waals surface area contributed by atoms with Crippen LogP contribution in [0.3, 0.4) is 0 Å². The zero-order valence-corrected chi connectivity index (χ0v) is 10.4. The monoisotopic (exact) mass is 272 g/mol. The molecule has 0 radical (unpaired) electrons. The number of aromatic nitrogens is 1. The van der Waals surface area contributed by atoms with Gasteiger partial charge in [-0.1, -0.05) is 6.07 Å². The van der Waals surface area contributed by atoms with E-state index in [0.717, 1.165) is 0 Å². The highest BCUT2D eigenvalue weighted by atomic mass is 16.4. The molecule has 0 aliphatic rings. The topological polar surface area (TPSA) is 99.5 Å².